The molecule has 0 aliphatic carbocycles. The van der Waals surface area contributed by atoms with Crippen molar-refractivity contribution in [1.29, 1.82) is 0 Å². The van der Waals surface area contributed by atoms with E-state index in [9.17, 15) is 0 Å². The molecule has 4 heteroatoms. The van der Waals surface area contributed by atoms with Gasteiger partial charge in [-0.2, -0.15) is 12.1 Å². The molecule has 0 saturated heterocycles. The van der Waals surface area contributed by atoms with Gasteiger partial charge in [-0.05, 0) is 85.8 Å². The van der Waals surface area contributed by atoms with Crippen molar-refractivity contribution in [3.63, 3.8) is 0 Å². The second kappa shape index (κ2) is 22.9. The van der Waals surface area contributed by atoms with Crippen molar-refractivity contribution in [2.75, 3.05) is 0 Å². The van der Waals surface area contributed by atoms with Crippen molar-refractivity contribution in [2.45, 2.75) is 81.3 Å². The summed E-state index contributed by atoms with van der Waals surface area (Å²) in [5, 5.41) is 5.44. The van der Waals surface area contributed by atoms with E-state index in [1.807, 2.05) is 0 Å². The molecule has 0 aromatic heterocycles. The Hall–Kier alpha value is -3.78. The number of aryl methyl sites for hydroxylation is 4. The summed E-state index contributed by atoms with van der Waals surface area (Å²) in [7, 11) is 11.0. The van der Waals surface area contributed by atoms with E-state index in [4.69, 9.17) is 17.0 Å². The van der Waals surface area contributed by atoms with Crippen LogP contribution in [0, 0.1) is 39.5 Å². The Balaban J connectivity index is 0.000000201. The molecule has 0 saturated carbocycles. The van der Waals surface area contributed by atoms with Gasteiger partial charge in [-0.15, -0.1) is 56.9 Å². The van der Waals surface area contributed by atoms with Crippen LogP contribution in [-0.4, -0.2) is 9.52 Å². The Morgan fingerprint density at radius 3 is 1.08 bits per heavy atom. The van der Waals surface area contributed by atoms with E-state index < -0.39 is 20.8 Å². The quantitative estimate of drug-likeness (QED) is 0.105. The third-order valence-electron chi connectivity index (χ3n) is 10.4. The zero-order valence-electron chi connectivity index (χ0n) is 37.2. The van der Waals surface area contributed by atoms with Crippen LogP contribution in [0.25, 0.3) is 66.1 Å². The van der Waals surface area contributed by atoms with Crippen LogP contribution in [0.5, 0.6) is 0 Å². The summed E-state index contributed by atoms with van der Waals surface area (Å²) in [6.07, 6.45) is 2.25. The summed E-state index contributed by atoms with van der Waals surface area (Å²) < 4.78 is 0. The molecule has 8 aromatic carbocycles. The molecule has 0 unspecified atom stereocenters. The fourth-order valence-corrected chi connectivity index (χ4v) is 8.44. The molecule has 8 rings (SSSR count). The fourth-order valence-electron chi connectivity index (χ4n) is 8.44. The maximum atomic E-state index is 4.93. The zero-order chi connectivity index (χ0) is 43.3. The molecule has 0 amide bonds. The molecule has 2 radical (unpaired) electrons. The van der Waals surface area contributed by atoms with E-state index in [0.717, 1.165) is 22.4 Å². The van der Waals surface area contributed by atoms with E-state index >= 15 is 0 Å². The molecule has 306 valence electrons. The Kier molecular flexibility index (Phi) is 18.0. The van der Waals surface area contributed by atoms with Gasteiger partial charge in [-0.1, -0.05) is 183 Å². The van der Waals surface area contributed by atoms with Gasteiger partial charge in [0.15, 0.2) is 0 Å². The summed E-state index contributed by atoms with van der Waals surface area (Å²) in [6, 6.07) is 54.0. The number of fused-ring (bicyclic) bond motifs is 2. The third kappa shape index (κ3) is 12.6. The Morgan fingerprint density at radius 1 is 0.467 bits per heavy atom. The average Bonchev–Trinajstić information content (AvgIpc) is 3.80. The first kappa shape index (κ1) is 47.3. The van der Waals surface area contributed by atoms with Crippen LogP contribution in [0.4, 0.5) is 0 Å². The van der Waals surface area contributed by atoms with E-state index in [2.05, 4.69) is 214 Å². The van der Waals surface area contributed by atoms with E-state index in [0.29, 0.717) is 11.8 Å². The van der Waals surface area contributed by atoms with Crippen molar-refractivity contribution >= 4 is 48.1 Å². The van der Waals surface area contributed by atoms with Crippen molar-refractivity contribution in [2.24, 2.45) is 11.8 Å². The SMILES string of the molecule is C[Si]C.Cc1cc(C)cc(-c2c(-c3ccccc3)ccc3[cH-]c(CC(C)C)cc23)c1.Cc1cc(C)cc(-c2c(-c3ccccc3)ccc3[cH-]c(CC(C)C)cc23)c1.[Cl][Zr+2][Cl]. The molecule has 0 fully saturated rings. The Bertz CT molecular complexity index is 2360. The Labute approximate surface area is 382 Å². The van der Waals surface area contributed by atoms with Crippen LogP contribution in [-0.2, 0) is 33.7 Å². The molecule has 60 heavy (non-hydrogen) atoms. The van der Waals surface area contributed by atoms with Gasteiger partial charge in [-0.25, -0.2) is 0 Å². The second-order valence-electron chi connectivity index (χ2n) is 17.0. The number of hydrogen-bond acceptors (Lipinski definition) is 0. The molecule has 0 aliphatic rings. The minimum absolute atomic E-state index is 0.667. The average molecular weight is 923 g/mol. The summed E-state index contributed by atoms with van der Waals surface area (Å²) >= 11 is -0.826. The van der Waals surface area contributed by atoms with Gasteiger partial charge in [0, 0.05) is 9.52 Å². The van der Waals surface area contributed by atoms with Crippen LogP contribution in [0.1, 0.15) is 61.1 Å². The normalized spacial score (nSPS) is 10.8. The summed E-state index contributed by atoms with van der Waals surface area (Å²) in [6.45, 7) is 22.2. The molecule has 0 aliphatic heterocycles. The molecule has 0 bridgehead atoms. The van der Waals surface area contributed by atoms with Gasteiger partial charge in [0.2, 0.25) is 0 Å². The number of hydrogen-bond donors (Lipinski definition) is 0. The molecule has 0 atom stereocenters. The van der Waals surface area contributed by atoms with Gasteiger partial charge in [0.1, 0.15) is 0 Å². The minimum atomic E-state index is -0.826. The van der Waals surface area contributed by atoms with Crippen molar-refractivity contribution < 1.29 is 20.8 Å². The van der Waals surface area contributed by atoms with Gasteiger partial charge in [0.25, 0.3) is 0 Å². The molecule has 0 heterocycles. The van der Waals surface area contributed by atoms with Crippen molar-refractivity contribution in [1.82, 2.24) is 0 Å². The van der Waals surface area contributed by atoms with Gasteiger partial charge in [0.05, 0.1) is 0 Å². The molecule has 0 N–H and O–H groups in total. The summed E-state index contributed by atoms with van der Waals surface area (Å²) in [5.74, 6) is 1.33. The number of halogens is 2. The molecule has 0 spiro atoms. The van der Waals surface area contributed by atoms with E-state index in [1.165, 1.54) is 99.4 Å². The van der Waals surface area contributed by atoms with Crippen LogP contribution in [0.3, 0.4) is 0 Å². The standard InChI is InChI=1S/2C27H27.C2H6Si.2ClH.Zr/c2*1-18(2)12-21-16-23-10-11-25(22-8-6-5-7-9-22)27(26(23)17-21)24-14-19(3)13-20(4)15-24;1-3-2;;;/h2*5-11,13-18H,12H2,1-4H3;1-2H3;2*1H;/q2*-1;;;;+4/p-2. The molecule has 8 aromatic rings. The predicted molar refractivity (Wildman–Crippen MR) is 266 cm³/mol. The molecular weight excluding hydrogens is 863 g/mol. The van der Waals surface area contributed by atoms with Gasteiger partial charge < -0.3 is 0 Å². The van der Waals surface area contributed by atoms with Gasteiger partial charge >= 0.3 is 37.9 Å². The van der Waals surface area contributed by atoms with E-state index in [1.54, 1.807) is 0 Å². The van der Waals surface area contributed by atoms with E-state index in [-0.39, 0.29) is 0 Å². The van der Waals surface area contributed by atoms with Crippen molar-refractivity contribution in [3.8, 4) is 44.5 Å². The predicted octanol–water partition coefficient (Wildman–Crippen LogP) is 17.6. The summed E-state index contributed by atoms with van der Waals surface area (Å²) in [5.41, 5.74) is 18.7. The van der Waals surface area contributed by atoms with Crippen LogP contribution < -0.4 is 0 Å². The fraction of sp³-hybridized carbons (Fsp3) is 0.250. The first-order valence-corrected chi connectivity index (χ1v) is 29.5. The third-order valence-corrected chi connectivity index (χ3v) is 10.4. The van der Waals surface area contributed by atoms with Crippen LogP contribution in [0.2, 0.25) is 13.1 Å². The first-order chi connectivity index (χ1) is 28.8. The van der Waals surface area contributed by atoms with Crippen LogP contribution in [0.15, 0.2) is 146 Å². The number of rotatable bonds is 8. The van der Waals surface area contributed by atoms with Gasteiger partial charge in [-0.3, -0.25) is 0 Å². The maximum absolute atomic E-state index is 4.93. The monoisotopic (exact) mass is 920 g/mol. The summed E-state index contributed by atoms with van der Waals surface area (Å²) in [4.78, 5) is 0. The van der Waals surface area contributed by atoms with Crippen LogP contribution >= 0.6 is 17.0 Å². The number of benzene rings is 6. The van der Waals surface area contributed by atoms with Crippen molar-refractivity contribution in [3.05, 3.63) is 179 Å². The second-order valence-corrected chi connectivity index (χ2v) is 21.7. The Morgan fingerprint density at radius 2 is 0.783 bits per heavy atom. The zero-order valence-corrected chi connectivity index (χ0v) is 42.2. The topological polar surface area (TPSA) is 0 Å². The first-order valence-electron chi connectivity index (χ1n) is 21.1. The molecular formula is C56H60Cl2SiZr. The molecule has 0 nitrogen and oxygen atoms in total.